The molecule has 2 N–H and O–H groups in total. The van der Waals surface area contributed by atoms with Crippen LogP contribution >= 0.6 is 11.6 Å². The van der Waals surface area contributed by atoms with Crippen LogP contribution in [0.2, 0.25) is 5.02 Å². The first-order valence-corrected chi connectivity index (χ1v) is 6.73. The molecule has 100 valence electrons. The van der Waals surface area contributed by atoms with Gasteiger partial charge in [0, 0.05) is 31.1 Å². The molecule has 0 radical (unpaired) electrons. The average Bonchev–Trinajstić information content (AvgIpc) is 2.34. The molecule has 0 saturated heterocycles. The van der Waals surface area contributed by atoms with E-state index < -0.39 is 0 Å². The van der Waals surface area contributed by atoms with Crippen molar-refractivity contribution in [3.05, 3.63) is 34.3 Å². The average molecular weight is 269 g/mol. The van der Waals surface area contributed by atoms with Crippen molar-refractivity contribution in [2.75, 3.05) is 13.1 Å². The van der Waals surface area contributed by atoms with Gasteiger partial charge in [-0.05, 0) is 30.5 Å². The van der Waals surface area contributed by atoms with Crippen molar-refractivity contribution in [1.29, 1.82) is 0 Å². The quantitative estimate of drug-likeness (QED) is 0.747. The number of carbonyl (C=O) groups excluding carboxylic acids is 1. The molecule has 1 rings (SSSR count). The largest absolute Gasteiger partial charge is 0.356 e. The maximum atomic E-state index is 11.3. The maximum Gasteiger partial charge on any atom is 0.221 e. The predicted molar refractivity (Wildman–Crippen MR) is 75.8 cm³/mol. The Kier molecular flexibility index (Phi) is 6.76. The van der Waals surface area contributed by atoms with Crippen molar-refractivity contribution < 1.29 is 4.79 Å². The third kappa shape index (κ3) is 5.52. The summed E-state index contributed by atoms with van der Waals surface area (Å²) >= 11 is 6.12. The third-order valence-corrected chi connectivity index (χ3v) is 2.98. The zero-order chi connectivity index (χ0) is 13.4. The van der Waals surface area contributed by atoms with Gasteiger partial charge in [0.25, 0.3) is 0 Å². The Hall–Kier alpha value is -1.06. The van der Waals surface area contributed by atoms with Crippen LogP contribution in [0.3, 0.4) is 0 Å². The molecule has 1 aromatic carbocycles. The van der Waals surface area contributed by atoms with Crippen molar-refractivity contribution in [3.63, 3.8) is 0 Å². The minimum absolute atomic E-state index is 0.0966. The van der Waals surface area contributed by atoms with Crippen LogP contribution in [-0.4, -0.2) is 19.0 Å². The molecule has 3 nitrogen and oxygen atoms in total. The van der Waals surface area contributed by atoms with Crippen LogP contribution in [0.4, 0.5) is 0 Å². The molecule has 4 heteroatoms. The summed E-state index contributed by atoms with van der Waals surface area (Å²) in [6.45, 7) is 6.17. The molecule has 0 fully saturated rings. The number of hydrogen-bond acceptors (Lipinski definition) is 2. The maximum absolute atomic E-state index is 11.3. The molecule has 0 heterocycles. The summed E-state index contributed by atoms with van der Waals surface area (Å²) in [5, 5.41) is 6.84. The monoisotopic (exact) mass is 268 g/mol. The highest BCUT2D eigenvalue weighted by Gasteiger charge is 2.02. The molecule has 1 aromatic rings. The zero-order valence-electron chi connectivity index (χ0n) is 11.1. The second-order valence-electron chi connectivity index (χ2n) is 4.37. The molecular formula is C14H21ClN2O. The fraction of sp³-hybridized carbons (Fsp3) is 0.500. The van der Waals surface area contributed by atoms with E-state index in [1.54, 1.807) is 0 Å². The summed E-state index contributed by atoms with van der Waals surface area (Å²) in [6, 6.07) is 6.01. The van der Waals surface area contributed by atoms with Crippen molar-refractivity contribution in [3.8, 4) is 0 Å². The highest BCUT2D eigenvalue weighted by Crippen LogP contribution is 2.17. The van der Waals surface area contributed by atoms with E-state index >= 15 is 0 Å². The fourth-order valence-corrected chi connectivity index (χ4v) is 1.88. The lowest BCUT2D eigenvalue weighted by atomic mass is 10.1. The Bertz CT molecular complexity index is 393. The standard InChI is InChI=1S/C14H21ClN2O/c1-3-7-17-14(18)6-8-16-10-12-5-4-11(2)9-13(12)15/h4-5,9,16H,3,6-8,10H2,1-2H3,(H,17,18). The summed E-state index contributed by atoms with van der Waals surface area (Å²) in [5.74, 6) is 0.0966. The first kappa shape index (κ1) is 15.0. The van der Waals surface area contributed by atoms with E-state index in [-0.39, 0.29) is 5.91 Å². The highest BCUT2D eigenvalue weighted by molar-refractivity contribution is 6.31. The third-order valence-electron chi connectivity index (χ3n) is 2.63. The van der Waals surface area contributed by atoms with E-state index in [2.05, 4.69) is 10.6 Å². The zero-order valence-corrected chi connectivity index (χ0v) is 11.8. The summed E-state index contributed by atoms with van der Waals surface area (Å²) in [7, 11) is 0. The number of benzene rings is 1. The van der Waals surface area contributed by atoms with Gasteiger partial charge in [-0.3, -0.25) is 4.79 Å². The summed E-state index contributed by atoms with van der Waals surface area (Å²) in [6.07, 6.45) is 1.47. The van der Waals surface area contributed by atoms with Crippen molar-refractivity contribution >= 4 is 17.5 Å². The van der Waals surface area contributed by atoms with E-state index in [0.717, 1.165) is 29.1 Å². The lowest BCUT2D eigenvalue weighted by Gasteiger charge is -2.07. The van der Waals surface area contributed by atoms with Crippen LogP contribution in [0.1, 0.15) is 30.9 Å². The van der Waals surface area contributed by atoms with Crippen LogP contribution in [0.5, 0.6) is 0 Å². The van der Waals surface area contributed by atoms with Crippen LogP contribution in [0.25, 0.3) is 0 Å². The Morgan fingerprint density at radius 2 is 2.11 bits per heavy atom. The molecule has 1 amide bonds. The number of carbonyl (C=O) groups is 1. The summed E-state index contributed by atoms with van der Waals surface area (Å²) in [4.78, 5) is 11.3. The Balaban J connectivity index is 2.23. The molecule has 0 aliphatic rings. The number of amides is 1. The van der Waals surface area contributed by atoms with Gasteiger partial charge in [-0.25, -0.2) is 0 Å². The van der Waals surface area contributed by atoms with Crippen LogP contribution in [0.15, 0.2) is 18.2 Å². The molecule has 18 heavy (non-hydrogen) atoms. The molecule has 0 spiro atoms. The molecule has 0 aromatic heterocycles. The van der Waals surface area contributed by atoms with Crippen molar-refractivity contribution in [1.82, 2.24) is 10.6 Å². The molecule has 0 bridgehead atoms. The predicted octanol–water partition coefficient (Wildman–Crippen LogP) is 2.65. The number of rotatable bonds is 7. The van der Waals surface area contributed by atoms with Gasteiger partial charge < -0.3 is 10.6 Å². The molecular weight excluding hydrogens is 248 g/mol. The van der Waals surface area contributed by atoms with Gasteiger partial charge in [0.05, 0.1) is 0 Å². The van der Waals surface area contributed by atoms with Crippen LogP contribution < -0.4 is 10.6 Å². The van der Waals surface area contributed by atoms with Gasteiger partial charge in [-0.2, -0.15) is 0 Å². The van der Waals surface area contributed by atoms with E-state index in [9.17, 15) is 4.79 Å². The van der Waals surface area contributed by atoms with Gasteiger partial charge in [0.1, 0.15) is 0 Å². The first-order chi connectivity index (χ1) is 8.63. The minimum atomic E-state index is 0.0966. The second-order valence-corrected chi connectivity index (χ2v) is 4.78. The van der Waals surface area contributed by atoms with Gasteiger partial charge in [-0.1, -0.05) is 30.7 Å². The summed E-state index contributed by atoms with van der Waals surface area (Å²) < 4.78 is 0. The molecule has 0 atom stereocenters. The molecule has 0 saturated carbocycles. The SMILES string of the molecule is CCCNC(=O)CCNCc1ccc(C)cc1Cl. The normalized spacial score (nSPS) is 10.4. The Labute approximate surface area is 114 Å². The lowest BCUT2D eigenvalue weighted by Crippen LogP contribution is -2.28. The van der Waals surface area contributed by atoms with Crippen molar-refractivity contribution in [2.45, 2.75) is 33.2 Å². The van der Waals surface area contributed by atoms with Gasteiger partial charge in [0.15, 0.2) is 0 Å². The molecule has 0 unspecified atom stereocenters. The number of aryl methyl sites for hydroxylation is 1. The first-order valence-electron chi connectivity index (χ1n) is 6.36. The van der Waals surface area contributed by atoms with Gasteiger partial charge in [0.2, 0.25) is 5.91 Å². The highest BCUT2D eigenvalue weighted by atomic mass is 35.5. The van der Waals surface area contributed by atoms with Crippen LogP contribution in [0, 0.1) is 6.92 Å². The Morgan fingerprint density at radius 1 is 1.33 bits per heavy atom. The molecule has 0 aliphatic heterocycles. The lowest BCUT2D eigenvalue weighted by molar-refractivity contribution is -0.120. The van der Waals surface area contributed by atoms with E-state index in [4.69, 9.17) is 11.6 Å². The molecule has 0 aliphatic carbocycles. The fourth-order valence-electron chi connectivity index (χ4n) is 1.57. The number of halogens is 1. The van der Waals surface area contributed by atoms with Crippen molar-refractivity contribution in [2.24, 2.45) is 0 Å². The number of nitrogens with one attached hydrogen (secondary N) is 2. The van der Waals surface area contributed by atoms with E-state index in [1.807, 2.05) is 32.0 Å². The Morgan fingerprint density at radius 3 is 2.78 bits per heavy atom. The van der Waals surface area contributed by atoms with Gasteiger partial charge in [-0.15, -0.1) is 0 Å². The van der Waals surface area contributed by atoms with E-state index in [0.29, 0.717) is 19.5 Å². The van der Waals surface area contributed by atoms with E-state index in [1.165, 1.54) is 0 Å². The summed E-state index contributed by atoms with van der Waals surface area (Å²) in [5.41, 5.74) is 2.22. The van der Waals surface area contributed by atoms with Gasteiger partial charge >= 0.3 is 0 Å². The second kappa shape index (κ2) is 8.11. The number of hydrogen-bond donors (Lipinski definition) is 2. The minimum Gasteiger partial charge on any atom is -0.356 e. The topological polar surface area (TPSA) is 41.1 Å². The smallest absolute Gasteiger partial charge is 0.221 e. The van der Waals surface area contributed by atoms with Crippen LogP contribution in [-0.2, 0) is 11.3 Å².